The second-order valence-electron chi connectivity index (χ2n) is 3.66. The van der Waals surface area contributed by atoms with Crippen molar-refractivity contribution in [2.24, 2.45) is 0 Å². The Labute approximate surface area is 113 Å². The number of carbonyl (C=O) groups is 2. The van der Waals surface area contributed by atoms with Crippen molar-refractivity contribution in [3.05, 3.63) is 24.3 Å². The fourth-order valence-corrected chi connectivity index (χ4v) is 1.34. The minimum atomic E-state index is -0.136. The fourth-order valence-electron chi connectivity index (χ4n) is 1.34. The van der Waals surface area contributed by atoms with Crippen LogP contribution < -0.4 is 16.0 Å². The first-order chi connectivity index (χ1) is 8.11. The molecule has 0 aliphatic rings. The number of anilines is 2. The van der Waals surface area contributed by atoms with Crippen LogP contribution in [0.25, 0.3) is 0 Å². The molecule has 5 nitrogen and oxygen atoms in total. The zero-order valence-electron chi connectivity index (χ0n) is 10.4. The molecule has 18 heavy (non-hydrogen) atoms. The van der Waals surface area contributed by atoms with Crippen molar-refractivity contribution in [3.63, 3.8) is 0 Å². The van der Waals surface area contributed by atoms with E-state index in [1.54, 1.807) is 31.3 Å². The number of rotatable bonds is 5. The van der Waals surface area contributed by atoms with Gasteiger partial charge < -0.3 is 16.0 Å². The van der Waals surface area contributed by atoms with Crippen LogP contribution in [0.3, 0.4) is 0 Å². The summed E-state index contributed by atoms with van der Waals surface area (Å²) in [5, 5.41) is 8.32. The van der Waals surface area contributed by atoms with Crippen molar-refractivity contribution in [1.82, 2.24) is 5.32 Å². The molecule has 6 heteroatoms. The van der Waals surface area contributed by atoms with Gasteiger partial charge in [0.05, 0.1) is 0 Å². The monoisotopic (exact) mass is 271 g/mol. The summed E-state index contributed by atoms with van der Waals surface area (Å²) >= 11 is 0. The standard InChI is InChI=1S/C12H17N3O2.ClH/c1-9(16)14-10-4-3-5-11(8-10)15-12(17)6-7-13-2;/h3-5,8,13H,6-7H2,1-2H3,(H,14,16)(H,15,17);1H. The quantitative estimate of drug-likeness (QED) is 0.762. The van der Waals surface area contributed by atoms with Crippen LogP contribution in [0.2, 0.25) is 0 Å². The van der Waals surface area contributed by atoms with Gasteiger partial charge in [-0.15, -0.1) is 12.4 Å². The number of carbonyl (C=O) groups excluding carboxylic acids is 2. The van der Waals surface area contributed by atoms with Crippen molar-refractivity contribution >= 4 is 35.6 Å². The van der Waals surface area contributed by atoms with Gasteiger partial charge in [0.25, 0.3) is 0 Å². The Morgan fingerprint density at radius 3 is 2.33 bits per heavy atom. The van der Waals surface area contributed by atoms with Gasteiger partial charge in [-0.2, -0.15) is 0 Å². The first-order valence-electron chi connectivity index (χ1n) is 5.44. The van der Waals surface area contributed by atoms with Crippen LogP contribution >= 0.6 is 12.4 Å². The number of benzene rings is 1. The van der Waals surface area contributed by atoms with E-state index in [1.165, 1.54) is 6.92 Å². The van der Waals surface area contributed by atoms with Gasteiger partial charge in [0.15, 0.2) is 0 Å². The minimum absolute atomic E-state index is 0. The van der Waals surface area contributed by atoms with E-state index in [9.17, 15) is 9.59 Å². The molecule has 0 unspecified atom stereocenters. The van der Waals surface area contributed by atoms with Gasteiger partial charge in [-0.25, -0.2) is 0 Å². The molecule has 0 aliphatic carbocycles. The summed E-state index contributed by atoms with van der Waals surface area (Å²) in [5.74, 6) is -0.192. The van der Waals surface area contributed by atoms with Gasteiger partial charge in [0, 0.05) is 31.3 Å². The van der Waals surface area contributed by atoms with Crippen LogP contribution in [0.1, 0.15) is 13.3 Å². The summed E-state index contributed by atoms with van der Waals surface area (Å²) in [6.07, 6.45) is 0.418. The molecule has 3 N–H and O–H groups in total. The molecule has 0 radical (unpaired) electrons. The normalized spacial score (nSPS) is 9.22. The molecule has 0 heterocycles. The molecule has 0 saturated heterocycles. The molecule has 0 aromatic heterocycles. The molecule has 0 fully saturated rings. The number of hydrogen-bond donors (Lipinski definition) is 3. The summed E-state index contributed by atoms with van der Waals surface area (Å²) < 4.78 is 0. The lowest BCUT2D eigenvalue weighted by Gasteiger charge is -2.07. The number of nitrogens with one attached hydrogen (secondary N) is 3. The van der Waals surface area contributed by atoms with Crippen LogP contribution in [-0.4, -0.2) is 25.4 Å². The molecule has 1 aromatic rings. The molecule has 0 atom stereocenters. The average molecular weight is 272 g/mol. The highest BCUT2D eigenvalue weighted by Gasteiger charge is 2.02. The zero-order chi connectivity index (χ0) is 12.7. The lowest BCUT2D eigenvalue weighted by molar-refractivity contribution is -0.116. The molecule has 0 spiro atoms. The van der Waals surface area contributed by atoms with Crippen molar-refractivity contribution in [2.45, 2.75) is 13.3 Å². The Kier molecular flexibility index (Phi) is 7.74. The van der Waals surface area contributed by atoms with Crippen molar-refractivity contribution in [2.75, 3.05) is 24.2 Å². The Bertz CT molecular complexity index is 410. The van der Waals surface area contributed by atoms with Crippen molar-refractivity contribution in [1.29, 1.82) is 0 Å². The van der Waals surface area contributed by atoms with Crippen LogP contribution in [0, 0.1) is 0 Å². The smallest absolute Gasteiger partial charge is 0.225 e. The van der Waals surface area contributed by atoms with Gasteiger partial charge >= 0.3 is 0 Å². The molecular weight excluding hydrogens is 254 g/mol. The third kappa shape index (κ3) is 6.22. The van der Waals surface area contributed by atoms with E-state index in [0.717, 1.165) is 0 Å². The van der Waals surface area contributed by atoms with Crippen molar-refractivity contribution < 1.29 is 9.59 Å². The van der Waals surface area contributed by atoms with Gasteiger partial charge in [-0.05, 0) is 25.2 Å². The van der Waals surface area contributed by atoms with Gasteiger partial charge in [0.1, 0.15) is 0 Å². The summed E-state index contributed by atoms with van der Waals surface area (Å²) in [5.41, 5.74) is 1.35. The maximum atomic E-state index is 11.5. The largest absolute Gasteiger partial charge is 0.326 e. The van der Waals surface area contributed by atoms with Gasteiger partial charge in [-0.3, -0.25) is 9.59 Å². The number of hydrogen-bond acceptors (Lipinski definition) is 3. The Morgan fingerprint density at radius 1 is 1.17 bits per heavy atom. The predicted octanol–water partition coefficient (Wildman–Crippen LogP) is 1.61. The molecule has 0 bridgehead atoms. The van der Waals surface area contributed by atoms with Gasteiger partial charge in [0.2, 0.25) is 11.8 Å². The lowest BCUT2D eigenvalue weighted by atomic mass is 10.2. The second kappa shape index (κ2) is 8.49. The number of halogens is 1. The minimum Gasteiger partial charge on any atom is -0.326 e. The highest BCUT2D eigenvalue weighted by Crippen LogP contribution is 2.15. The fraction of sp³-hybridized carbons (Fsp3) is 0.333. The second-order valence-corrected chi connectivity index (χ2v) is 3.66. The predicted molar refractivity (Wildman–Crippen MR) is 75.2 cm³/mol. The first kappa shape index (κ1) is 16.4. The summed E-state index contributed by atoms with van der Waals surface area (Å²) in [7, 11) is 1.80. The lowest BCUT2D eigenvalue weighted by Crippen LogP contribution is -2.18. The number of amides is 2. The van der Waals surface area contributed by atoms with E-state index in [4.69, 9.17) is 0 Å². The highest BCUT2D eigenvalue weighted by atomic mass is 35.5. The Hall–Kier alpha value is -1.59. The highest BCUT2D eigenvalue weighted by molar-refractivity contribution is 5.93. The molecule has 2 amide bonds. The molecule has 0 saturated carbocycles. The molecule has 1 rings (SSSR count). The van der Waals surface area contributed by atoms with Crippen molar-refractivity contribution in [3.8, 4) is 0 Å². The zero-order valence-corrected chi connectivity index (χ0v) is 11.3. The van der Waals surface area contributed by atoms with E-state index < -0.39 is 0 Å². The van der Waals surface area contributed by atoms with Crippen LogP contribution in [0.4, 0.5) is 11.4 Å². The molecule has 100 valence electrons. The third-order valence-corrected chi connectivity index (χ3v) is 2.07. The Morgan fingerprint density at radius 2 is 1.78 bits per heavy atom. The average Bonchev–Trinajstić information content (AvgIpc) is 2.26. The topological polar surface area (TPSA) is 70.2 Å². The molecule has 0 aliphatic heterocycles. The Balaban J connectivity index is 0.00000289. The molecular formula is C12H18ClN3O2. The molecule has 1 aromatic carbocycles. The van der Waals surface area contributed by atoms with E-state index in [2.05, 4.69) is 16.0 Å². The van der Waals surface area contributed by atoms with E-state index >= 15 is 0 Å². The summed E-state index contributed by atoms with van der Waals surface area (Å²) in [4.78, 5) is 22.3. The van der Waals surface area contributed by atoms with Crippen LogP contribution in [0.15, 0.2) is 24.3 Å². The maximum Gasteiger partial charge on any atom is 0.225 e. The van der Waals surface area contributed by atoms with Gasteiger partial charge in [-0.1, -0.05) is 6.07 Å². The van der Waals surface area contributed by atoms with Crippen LogP contribution in [0.5, 0.6) is 0 Å². The maximum absolute atomic E-state index is 11.5. The summed E-state index contributed by atoms with van der Waals surface area (Å²) in [6.45, 7) is 2.08. The van der Waals surface area contributed by atoms with E-state index in [-0.39, 0.29) is 24.2 Å². The van der Waals surface area contributed by atoms with E-state index in [1.807, 2.05) is 0 Å². The SMILES string of the molecule is CNCCC(=O)Nc1cccc(NC(C)=O)c1.Cl. The first-order valence-corrected chi connectivity index (χ1v) is 5.44. The summed E-state index contributed by atoms with van der Waals surface area (Å²) in [6, 6.07) is 7.05. The van der Waals surface area contributed by atoms with Crippen LogP contribution in [-0.2, 0) is 9.59 Å². The third-order valence-electron chi connectivity index (χ3n) is 2.07. The van der Waals surface area contributed by atoms with E-state index in [0.29, 0.717) is 24.3 Å².